The lowest BCUT2D eigenvalue weighted by Gasteiger charge is -2.12. The monoisotopic (exact) mass is 316 g/mol. The van der Waals surface area contributed by atoms with E-state index in [1.807, 2.05) is 6.92 Å². The van der Waals surface area contributed by atoms with Gasteiger partial charge in [0, 0.05) is 12.6 Å². The first kappa shape index (κ1) is 15.4. The predicted molar refractivity (Wildman–Crippen MR) is 75.9 cm³/mol. The minimum absolute atomic E-state index is 0.132. The Balaban J connectivity index is 2.28. The van der Waals surface area contributed by atoms with Crippen LogP contribution in [0.2, 0.25) is 5.02 Å². The number of hydrogen-bond donors (Lipinski definition) is 2. The van der Waals surface area contributed by atoms with Crippen LogP contribution in [-0.4, -0.2) is 16.5 Å². The molecule has 0 radical (unpaired) electrons. The fourth-order valence-electron chi connectivity index (χ4n) is 1.64. The summed E-state index contributed by atoms with van der Waals surface area (Å²) in [6.07, 6.45) is -3.12. The first-order valence-corrected chi connectivity index (χ1v) is 6.47. The minimum Gasteiger partial charge on any atom is -0.370 e. The largest absolute Gasteiger partial charge is 0.416 e. The van der Waals surface area contributed by atoms with Gasteiger partial charge in [-0.15, -0.1) is 0 Å². The van der Waals surface area contributed by atoms with Gasteiger partial charge in [-0.25, -0.2) is 9.97 Å². The summed E-state index contributed by atoms with van der Waals surface area (Å²) >= 11 is 5.91. The van der Waals surface area contributed by atoms with Crippen molar-refractivity contribution >= 4 is 28.9 Å². The van der Waals surface area contributed by atoms with Crippen LogP contribution in [0.3, 0.4) is 0 Å². The van der Waals surface area contributed by atoms with Crippen LogP contribution in [0.25, 0.3) is 0 Å². The van der Waals surface area contributed by atoms with Crippen molar-refractivity contribution in [3.8, 4) is 0 Å². The van der Waals surface area contributed by atoms with Crippen molar-refractivity contribution in [2.75, 3.05) is 17.2 Å². The standard InChI is InChI=1S/C13H12ClF3N4/c1-2-18-11-6-12(20-7-19-11)21-10-5-8(13(15,16)17)3-4-9(10)14/h3-7H,2H2,1H3,(H2,18,19,20,21). The molecule has 0 amide bonds. The van der Waals surface area contributed by atoms with Crippen molar-refractivity contribution in [2.45, 2.75) is 13.1 Å². The molecule has 2 aromatic rings. The van der Waals surface area contributed by atoms with Gasteiger partial charge >= 0.3 is 6.18 Å². The first-order valence-electron chi connectivity index (χ1n) is 6.10. The Morgan fingerprint density at radius 3 is 2.52 bits per heavy atom. The Hall–Kier alpha value is -2.02. The molecule has 0 unspecified atom stereocenters. The van der Waals surface area contributed by atoms with Crippen molar-refractivity contribution in [3.63, 3.8) is 0 Å². The highest BCUT2D eigenvalue weighted by Gasteiger charge is 2.31. The molecule has 1 aromatic carbocycles. The number of nitrogens with one attached hydrogen (secondary N) is 2. The maximum absolute atomic E-state index is 12.7. The molecule has 4 nitrogen and oxygen atoms in total. The number of rotatable bonds is 4. The SMILES string of the molecule is CCNc1cc(Nc2cc(C(F)(F)F)ccc2Cl)ncn1. The van der Waals surface area contributed by atoms with Crippen LogP contribution in [0.15, 0.2) is 30.6 Å². The molecule has 0 fully saturated rings. The smallest absolute Gasteiger partial charge is 0.370 e. The van der Waals surface area contributed by atoms with E-state index in [0.29, 0.717) is 18.2 Å². The molecule has 8 heteroatoms. The molecule has 0 bridgehead atoms. The number of halogens is 4. The van der Waals surface area contributed by atoms with E-state index in [2.05, 4.69) is 20.6 Å². The fourth-order valence-corrected chi connectivity index (χ4v) is 1.80. The Morgan fingerprint density at radius 2 is 1.86 bits per heavy atom. The highest BCUT2D eigenvalue weighted by Crippen LogP contribution is 2.34. The van der Waals surface area contributed by atoms with Gasteiger partial charge < -0.3 is 10.6 Å². The van der Waals surface area contributed by atoms with E-state index < -0.39 is 11.7 Å². The van der Waals surface area contributed by atoms with E-state index in [1.54, 1.807) is 6.07 Å². The predicted octanol–water partition coefficient (Wildman–Crippen LogP) is 4.32. The van der Waals surface area contributed by atoms with Crippen LogP contribution < -0.4 is 10.6 Å². The third-order valence-electron chi connectivity index (χ3n) is 2.58. The molecule has 0 saturated carbocycles. The molecule has 0 aliphatic heterocycles. The number of hydrogen-bond acceptors (Lipinski definition) is 4. The van der Waals surface area contributed by atoms with E-state index in [0.717, 1.165) is 12.1 Å². The second-order valence-electron chi connectivity index (χ2n) is 4.14. The number of anilines is 3. The molecule has 112 valence electrons. The summed E-state index contributed by atoms with van der Waals surface area (Å²) in [5, 5.41) is 5.91. The highest BCUT2D eigenvalue weighted by molar-refractivity contribution is 6.33. The summed E-state index contributed by atoms with van der Waals surface area (Å²) in [7, 11) is 0. The molecule has 0 atom stereocenters. The maximum Gasteiger partial charge on any atom is 0.416 e. The third-order valence-corrected chi connectivity index (χ3v) is 2.91. The Kier molecular flexibility index (Phi) is 4.52. The van der Waals surface area contributed by atoms with Gasteiger partial charge in [0.05, 0.1) is 16.3 Å². The second-order valence-corrected chi connectivity index (χ2v) is 4.54. The van der Waals surface area contributed by atoms with Crippen LogP contribution >= 0.6 is 11.6 Å². The van der Waals surface area contributed by atoms with Gasteiger partial charge in [-0.2, -0.15) is 13.2 Å². The summed E-state index contributed by atoms with van der Waals surface area (Å²) in [4.78, 5) is 7.92. The van der Waals surface area contributed by atoms with Gasteiger partial charge in [-0.3, -0.25) is 0 Å². The lowest BCUT2D eigenvalue weighted by molar-refractivity contribution is -0.137. The Bertz CT molecular complexity index is 631. The van der Waals surface area contributed by atoms with Crippen molar-refractivity contribution in [1.82, 2.24) is 9.97 Å². The van der Waals surface area contributed by atoms with Crippen LogP contribution in [-0.2, 0) is 6.18 Å². The minimum atomic E-state index is -4.43. The van der Waals surface area contributed by atoms with Gasteiger partial charge in [0.25, 0.3) is 0 Å². The number of nitrogens with zero attached hydrogens (tertiary/aromatic N) is 2. The third kappa shape index (κ3) is 3.98. The van der Waals surface area contributed by atoms with E-state index in [9.17, 15) is 13.2 Å². The summed E-state index contributed by atoms with van der Waals surface area (Å²) in [5.74, 6) is 0.917. The number of alkyl halides is 3. The summed E-state index contributed by atoms with van der Waals surface area (Å²) in [6, 6.07) is 4.65. The van der Waals surface area contributed by atoms with E-state index in [1.165, 1.54) is 12.4 Å². The van der Waals surface area contributed by atoms with Crippen LogP contribution in [0.4, 0.5) is 30.5 Å². The van der Waals surface area contributed by atoms with Gasteiger partial charge in [0.1, 0.15) is 18.0 Å². The van der Waals surface area contributed by atoms with Crippen LogP contribution in [0, 0.1) is 0 Å². The molecule has 2 N–H and O–H groups in total. The normalized spacial score (nSPS) is 11.3. The average Bonchev–Trinajstić information content (AvgIpc) is 2.41. The molecular weight excluding hydrogens is 305 g/mol. The van der Waals surface area contributed by atoms with Crippen LogP contribution in [0.1, 0.15) is 12.5 Å². The zero-order chi connectivity index (χ0) is 15.5. The molecule has 0 aliphatic rings. The fraction of sp³-hybridized carbons (Fsp3) is 0.231. The number of benzene rings is 1. The van der Waals surface area contributed by atoms with Crippen LogP contribution in [0.5, 0.6) is 0 Å². The van der Waals surface area contributed by atoms with Crippen molar-refractivity contribution in [2.24, 2.45) is 0 Å². The van der Waals surface area contributed by atoms with E-state index >= 15 is 0 Å². The Labute approximate surface area is 124 Å². The first-order chi connectivity index (χ1) is 9.90. The molecule has 0 saturated heterocycles. The van der Waals surface area contributed by atoms with Gasteiger partial charge in [-0.1, -0.05) is 11.6 Å². The average molecular weight is 317 g/mol. The highest BCUT2D eigenvalue weighted by atomic mass is 35.5. The second kappa shape index (κ2) is 6.17. The zero-order valence-electron chi connectivity index (χ0n) is 11.0. The molecule has 0 spiro atoms. The van der Waals surface area contributed by atoms with Crippen molar-refractivity contribution < 1.29 is 13.2 Å². The summed E-state index contributed by atoms with van der Waals surface area (Å²) in [6.45, 7) is 2.57. The Morgan fingerprint density at radius 1 is 1.14 bits per heavy atom. The quantitative estimate of drug-likeness (QED) is 0.881. The molecule has 2 rings (SSSR count). The van der Waals surface area contributed by atoms with Gasteiger partial charge in [0.15, 0.2) is 0 Å². The molecule has 0 aliphatic carbocycles. The lowest BCUT2D eigenvalue weighted by Crippen LogP contribution is -2.06. The van der Waals surface area contributed by atoms with E-state index in [-0.39, 0.29) is 10.7 Å². The number of aromatic nitrogens is 2. The summed E-state index contributed by atoms with van der Waals surface area (Å²) < 4.78 is 38.1. The molecular formula is C13H12ClF3N4. The molecule has 1 heterocycles. The molecule has 1 aromatic heterocycles. The maximum atomic E-state index is 12.7. The summed E-state index contributed by atoms with van der Waals surface area (Å²) in [5.41, 5.74) is -0.650. The molecule has 21 heavy (non-hydrogen) atoms. The zero-order valence-corrected chi connectivity index (χ0v) is 11.8. The topological polar surface area (TPSA) is 49.8 Å². The van der Waals surface area contributed by atoms with Crippen molar-refractivity contribution in [3.05, 3.63) is 41.2 Å². The van der Waals surface area contributed by atoms with Gasteiger partial charge in [-0.05, 0) is 25.1 Å². The van der Waals surface area contributed by atoms with Gasteiger partial charge in [0.2, 0.25) is 0 Å². The van der Waals surface area contributed by atoms with Crippen molar-refractivity contribution in [1.29, 1.82) is 0 Å². The lowest BCUT2D eigenvalue weighted by atomic mass is 10.2. The van der Waals surface area contributed by atoms with E-state index in [4.69, 9.17) is 11.6 Å².